The Morgan fingerprint density at radius 2 is 1.79 bits per heavy atom. The predicted molar refractivity (Wildman–Crippen MR) is 123 cm³/mol. The van der Waals surface area contributed by atoms with Crippen molar-refractivity contribution < 1.29 is 0 Å². The summed E-state index contributed by atoms with van der Waals surface area (Å²) < 4.78 is 0. The summed E-state index contributed by atoms with van der Waals surface area (Å²) in [5.41, 5.74) is 2.82. The van der Waals surface area contributed by atoms with E-state index in [1.54, 1.807) is 5.57 Å². The van der Waals surface area contributed by atoms with E-state index in [0.29, 0.717) is 16.2 Å². The Hall–Kier alpha value is 0.0300. The number of fused-ring (bicyclic) bond motifs is 5. The molecule has 4 rings (SSSR count). The van der Waals surface area contributed by atoms with Gasteiger partial charge in [-0.25, -0.2) is 0 Å². The van der Waals surface area contributed by atoms with Crippen molar-refractivity contribution in [2.75, 3.05) is 0 Å². The van der Waals surface area contributed by atoms with Gasteiger partial charge < -0.3 is 0 Å². The fraction of sp³-hybridized carbons (Fsp3) is 0.926. The second kappa shape index (κ2) is 7.94. The topological polar surface area (TPSA) is 0 Å². The van der Waals surface area contributed by atoms with Crippen LogP contribution in [-0.2, 0) is 0 Å². The zero-order valence-electron chi connectivity index (χ0n) is 19.3. The molecule has 3 fully saturated rings. The van der Waals surface area contributed by atoms with E-state index in [-0.39, 0.29) is 0 Å². The van der Waals surface area contributed by atoms with Crippen molar-refractivity contribution in [3.05, 3.63) is 11.6 Å². The van der Waals surface area contributed by atoms with Crippen molar-refractivity contribution in [3.8, 4) is 0 Å². The van der Waals surface area contributed by atoms with Gasteiger partial charge in [-0.3, -0.25) is 0 Å². The van der Waals surface area contributed by atoms with E-state index in [1.807, 2.05) is 0 Å². The first-order valence-electron chi connectivity index (χ1n) is 12.6. The van der Waals surface area contributed by atoms with Crippen LogP contribution >= 0.6 is 11.6 Å². The second-order valence-electron chi connectivity index (χ2n) is 12.1. The van der Waals surface area contributed by atoms with E-state index in [9.17, 15) is 0 Å². The summed E-state index contributed by atoms with van der Waals surface area (Å²) in [6.07, 6.45) is 18.0. The van der Waals surface area contributed by atoms with Crippen LogP contribution in [0.1, 0.15) is 105 Å². The first kappa shape index (κ1) is 21.3. The third-order valence-corrected chi connectivity index (χ3v) is 10.6. The standard InChI is InChI=1S/C27H45Cl/c1-18(2)7-6-8-19(3)23-11-12-24-22-10-9-20-17-21(28)13-15-26(20,4)25(22)14-16-27(23,24)5/h9,18-19,21-25H,6-8,10-17H2,1-5H3/t19-,21+,22+,23+,24+,25-,26-,27+/m0/s1. The maximum atomic E-state index is 6.56. The second-order valence-corrected chi connectivity index (χ2v) is 12.7. The summed E-state index contributed by atoms with van der Waals surface area (Å²) in [4.78, 5) is 0. The SMILES string of the molecule is CC(C)CCC[C@H](C)[C@H]1CC[C@@H]2[C@H]3CC=C4C[C@H](Cl)CC[C@]4(C)[C@H]3CC[C@@]21C. The van der Waals surface area contributed by atoms with Gasteiger partial charge in [0.25, 0.3) is 0 Å². The molecule has 4 aliphatic carbocycles. The molecular formula is C27H45Cl. The number of alkyl halides is 1. The molecule has 1 heteroatoms. The lowest BCUT2D eigenvalue weighted by molar-refractivity contribution is -0.0498. The minimum atomic E-state index is 0.396. The quantitative estimate of drug-likeness (QED) is 0.317. The third-order valence-electron chi connectivity index (χ3n) is 10.2. The van der Waals surface area contributed by atoms with Crippen LogP contribution in [0.3, 0.4) is 0 Å². The largest absolute Gasteiger partial charge is 0.123 e. The van der Waals surface area contributed by atoms with Gasteiger partial charge in [0.1, 0.15) is 0 Å². The molecule has 0 radical (unpaired) electrons. The average Bonchev–Trinajstić information content (AvgIpc) is 2.99. The zero-order valence-corrected chi connectivity index (χ0v) is 20.0. The molecule has 160 valence electrons. The Morgan fingerprint density at radius 1 is 1.00 bits per heavy atom. The van der Waals surface area contributed by atoms with Gasteiger partial charge in [-0.05, 0) is 97.7 Å². The molecule has 0 amide bonds. The van der Waals surface area contributed by atoms with E-state index in [2.05, 4.69) is 40.7 Å². The Labute approximate surface area is 180 Å². The monoisotopic (exact) mass is 404 g/mol. The molecule has 0 unspecified atom stereocenters. The lowest BCUT2D eigenvalue weighted by Gasteiger charge is -2.58. The van der Waals surface area contributed by atoms with Gasteiger partial charge in [0, 0.05) is 5.38 Å². The van der Waals surface area contributed by atoms with E-state index in [4.69, 9.17) is 11.6 Å². The van der Waals surface area contributed by atoms with Gasteiger partial charge in [-0.1, -0.05) is 65.5 Å². The van der Waals surface area contributed by atoms with Crippen LogP contribution < -0.4 is 0 Å². The normalized spacial score (nSPS) is 46.5. The molecule has 3 saturated carbocycles. The highest BCUT2D eigenvalue weighted by Crippen LogP contribution is 2.67. The van der Waals surface area contributed by atoms with Crippen LogP contribution in [0, 0.1) is 46.3 Å². The fourth-order valence-electron chi connectivity index (χ4n) is 8.64. The van der Waals surface area contributed by atoms with Crippen LogP contribution in [0.5, 0.6) is 0 Å². The summed E-state index contributed by atoms with van der Waals surface area (Å²) in [7, 11) is 0. The number of hydrogen-bond acceptors (Lipinski definition) is 0. The van der Waals surface area contributed by atoms with Gasteiger partial charge in [-0.15, -0.1) is 11.6 Å². The predicted octanol–water partition coefficient (Wildman–Crippen LogP) is 8.64. The first-order valence-corrected chi connectivity index (χ1v) is 13.0. The summed E-state index contributed by atoms with van der Waals surface area (Å²) in [5, 5.41) is 0.396. The van der Waals surface area contributed by atoms with Crippen molar-refractivity contribution in [1.29, 1.82) is 0 Å². The van der Waals surface area contributed by atoms with Crippen molar-refractivity contribution in [2.45, 2.75) is 111 Å². The lowest BCUT2D eigenvalue weighted by Crippen LogP contribution is -2.50. The molecular weight excluding hydrogens is 360 g/mol. The van der Waals surface area contributed by atoms with E-state index in [0.717, 1.165) is 35.5 Å². The van der Waals surface area contributed by atoms with Crippen LogP contribution in [-0.4, -0.2) is 5.38 Å². The molecule has 0 nitrogen and oxygen atoms in total. The minimum absolute atomic E-state index is 0.396. The van der Waals surface area contributed by atoms with E-state index >= 15 is 0 Å². The number of hydrogen-bond donors (Lipinski definition) is 0. The molecule has 0 heterocycles. The lowest BCUT2D eigenvalue weighted by atomic mass is 9.47. The molecule has 0 aromatic heterocycles. The van der Waals surface area contributed by atoms with Crippen molar-refractivity contribution in [3.63, 3.8) is 0 Å². The van der Waals surface area contributed by atoms with Crippen molar-refractivity contribution in [2.24, 2.45) is 46.3 Å². The summed E-state index contributed by atoms with van der Waals surface area (Å²) in [6, 6.07) is 0. The zero-order chi connectivity index (χ0) is 20.1. The van der Waals surface area contributed by atoms with Crippen LogP contribution in [0.4, 0.5) is 0 Å². The van der Waals surface area contributed by atoms with E-state index < -0.39 is 0 Å². The average molecular weight is 405 g/mol. The molecule has 4 aliphatic rings. The molecule has 0 aromatic carbocycles. The smallest absolute Gasteiger partial charge is 0.0373 e. The van der Waals surface area contributed by atoms with Crippen molar-refractivity contribution >= 4 is 11.6 Å². The molecule has 28 heavy (non-hydrogen) atoms. The Bertz CT molecular complexity index is 591. The Morgan fingerprint density at radius 3 is 2.54 bits per heavy atom. The van der Waals surface area contributed by atoms with Crippen LogP contribution in [0.25, 0.3) is 0 Å². The number of rotatable bonds is 5. The summed E-state index contributed by atoms with van der Waals surface area (Å²) >= 11 is 6.56. The molecule has 8 atom stereocenters. The van der Waals surface area contributed by atoms with Crippen molar-refractivity contribution in [1.82, 2.24) is 0 Å². The van der Waals surface area contributed by atoms with Gasteiger partial charge in [-0.2, -0.15) is 0 Å². The fourth-order valence-corrected chi connectivity index (χ4v) is 8.92. The molecule has 0 spiro atoms. The van der Waals surface area contributed by atoms with Gasteiger partial charge in [0.05, 0.1) is 0 Å². The molecule has 0 aliphatic heterocycles. The molecule has 0 saturated heterocycles. The highest BCUT2D eigenvalue weighted by atomic mass is 35.5. The first-order chi connectivity index (χ1) is 13.3. The number of allylic oxidation sites excluding steroid dienone is 2. The molecule has 0 bridgehead atoms. The van der Waals surface area contributed by atoms with Gasteiger partial charge in [0.2, 0.25) is 0 Å². The van der Waals surface area contributed by atoms with E-state index in [1.165, 1.54) is 70.6 Å². The minimum Gasteiger partial charge on any atom is -0.123 e. The van der Waals surface area contributed by atoms with Gasteiger partial charge >= 0.3 is 0 Å². The molecule has 0 N–H and O–H groups in total. The number of halogens is 1. The highest BCUT2D eigenvalue weighted by molar-refractivity contribution is 6.20. The Kier molecular flexibility index (Phi) is 6.03. The summed E-state index contributed by atoms with van der Waals surface area (Å²) in [5.74, 6) is 5.62. The maximum absolute atomic E-state index is 6.56. The molecule has 0 aromatic rings. The van der Waals surface area contributed by atoms with Gasteiger partial charge in [0.15, 0.2) is 0 Å². The highest BCUT2D eigenvalue weighted by Gasteiger charge is 2.58. The maximum Gasteiger partial charge on any atom is 0.0373 e. The Balaban J connectivity index is 1.49. The summed E-state index contributed by atoms with van der Waals surface area (Å²) in [6.45, 7) is 12.7. The van der Waals surface area contributed by atoms with Crippen LogP contribution in [0.15, 0.2) is 11.6 Å². The third kappa shape index (κ3) is 3.52. The van der Waals surface area contributed by atoms with Crippen LogP contribution in [0.2, 0.25) is 0 Å².